The fourth-order valence-corrected chi connectivity index (χ4v) is 2.21. The molecule has 0 heterocycles. The fourth-order valence-electron chi connectivity index (χ4n) is 2.21. The highest BCUT2D eigenvalue weighted by molar-refractivity contribution is 6.21. The number of carbonyl (C=O) groups is 2. The van der Waals surface area contributed by atoms with Gasteiger partial charge in [0.15, 0.2) is 5.78 Å². The van der Waals surface area contributed by atoms with Gasteiger partial charge in [-0.1, -0.05) is 26.0 Å². The molecule has 1 atom stereocenters. The lowest BCUT2D eigenvalue weighted by Gasteiger charge is -2.27. The van der Waals surface area contributed by atoms with Crippen LogP contribution in [-0.2, 0) is 14.3 Å². The number of benzene rings is 1. The summed E-state index contributed by atoms with van der Waals surface area (Å²) in [6, 6.07) is 5.51. The maximum absolute atomic E-state index is 12.7. The lowest BCUT2D eigenvalue weighted by Crippen LogP contribution is -2.44. The van der Waals surface area contributed by atoms with Crippen LogP contribution in [0.1, 0.15) is 47.1 Å². The summed E-state index contributed by atoms with van der Waals surface area (Å²) < 4.78 is 5.76. The van der Waals surface area contributed by atoms with E-state index in [2.05, 4.69) is 5.32 Å². The number of ketones is 1. The Morgan fingerprint density at radius 2 is 1.93 bits per heavy atom. The van der Waals surface area contributed by atoms with E-state index >= 15 is 0 Å². The first-order valence-corrected chi connectivity index (χ1v) is 8.82. The first-order chi connectivity index (χ1) is 12.4. The van der Waals surface area contributed by atoms with Crippen LogP contribution in [0.5, 0.6) is 0 Å². The summed E-state index contributed by atoms with van der Waals surface area (Å²) in [6.07, 6.45) is 1.37. The zero-order valence-electron chi connectivity index (χ0n) is 16.7. The third kappa shape index (κ3) is 7.70. The average molecular weight is 376 g/mol. The van der Waals surface area contributed by atoms with Crippen LogP contribution in [0.15, 0.2) is 29.8 Å². The number of nitrogens with zero attached hydrogens (tertiary/aromatic N) is 1. The van der Waals surface area contributed by atoms with Gasteiger partial charge in [0.1, 0.15) is 0 Å². The molecule has 7 heteroatoms. The van der Waals surface area contributed by atoms with Gasteiger partial charge in [0.05, 0.1) is 28.7 Å². The summed E-state index contributed by atoms with van der Waals surface area (Å²) in [5.74, 6) is -0.842. The summed E-state index contributed by atoms with van der Waals surface area (Å²) >= 11 is 0. The molecule has 0 aliphatic carbocycles. The number of nitro benzene ring substituents is 1. The third-order valence-electron chi connectivity index (χ3n) is 3.83. The molecule has 0 saturated carbocycles. The van der Waals surface area contributed by atoms with Crippen molar-refractivity contribution in [1.82, 2.24) is 5.32 Å². The number of non-ortho nitro benzene ring substituents is 1. The van der Waals surface area contributed by atoms with E-state index in [0.29, 0.717) is 12.2 Å². The standard InChI is InChI=1S/C20H28N2O5/c1-13(2)18(12-27-20(4,5)6)21-19(24)17(14(3)23)11-15-8-7-9-16(10-15)22(25)26/h7-11,13,18H,12H2,1-6H3,(H,21,24)/b17-11+. The van der Waals surface area contributed by atoms with Crippen LogP contribution >= 0.6 is 0 Å². The van der Waals surface area contributed by atoms with Crippen LogP contribution in [-0.4, -0.2) is 34.9 Å². The summed E-state index contributed by atoms with van der Waals surface area (Å²) in [6.45, 7) is 11.3. The minimum atomic E-state index is -0.524. The van der Waals surface area contributed by atoms with Crippen LogP contribution in [0.3, 0.4) is 0 Å². The van der Waals surface area contributed by atoms with Crippen LogP contribution < -0.4 is 5.32 Å². The van der Waals surface area contributed by atoms with Gasteiger partial charge in [0.25, 0.3) is 11.6 Å². The highest BCUT2D eigenvalue weighted by Gasteiger charge is 2.23. The molecule has 148 valence electrons. The maximum Gasteiger partial charge on any atom is 0.270 e. The van der Waals surface area contributed by atoms with Crippen LogP contribution in [0.4, 0.5) is 5.69 Å². The lowest BCUT2D eigenvalue weighted by atomic mass is 10.0. The van der Waals surface area contributed by atoms with Gasteiger partial charge < -0.3 is 10.1 Å². The van der Waals surface area contributed by atoms with Gasteiger partial charge in [0, 0.05) is 12.1 Å². The molecule has 1 N–H and O–H groups in total. The van der Waals surface area contributed by atoms with Gasteiger partial charge in [0.2, 0.25) is 0 Å². The van der Waals surface area contributed by atoms with Crippen molar-refractivity contribution in [2.24, 2.45) is 5.92 Å². The van der Waals surface area contributed by atoms with Crippen molar-refractivity contribution in [1.29, 1.82) is 0 Å². The Hall–Kier alpha value is -2.54. The van der Waals surface area contributed by atoms with Gasteiger partial charge in [-0.3, -0.25) is 19.7 Å². The Balaban J connectivity index is 3.05. The second kappa shape index (κ2) is 9.41. The first-order valence-electron chi connectivity index (χ1n) is 8.82. The van der Waals surface area contributed by atoms with Crippen molar-refractivity contribution in [2.75, 3.05) is 6.61 Å². The zero-order chi connectivity index (χ0) is 20.8. The Morgan fingerprint density at radius 1 is 1.30 bits per heavy atom. The number of nitrogens with one attached hydrogen (secondary N) is 1. The highest BCUT2D eigenvalue weighted by atomic mass is 16.6. The molecule has 0 bridgehead atoms. The molecule has 0 radical (unpaired) electrons. The molecule has 27 heavy (non-hydrogen) atoms. The lowest BCUT2D eigenvalue weighted by molar-refractivity contribution is -0.384. The molecule has 1 aromatic carbocycles. The number of ether oxygens (including phenoxy) is 1. The molecular weight excluding hydrogens is 348 g/mol. The number of rotatable bonds is 8. The molecule has 0 aliphatic heterocycles. The monoisotopic (exact) mass is 376 g/mol. The average Bonchev–Trinajstić information content (AvgIpc) is 2.55. The van der Waals surface area contributed by atoms with E-state index in [-0.39, 0.29) is 28.8 Å². The summed E-state index contributed by atoms with van der Waals surface area (Å²) in [7, 11) is 0. The third-order valence-corrected chi connectivity index (χ3v) is 3.83. The molecule has 0 aliphatic rings. The molecule has 0 fully saturated rings. The van der Waals surface area contributed by atoms with E-state index in [1.165, 1.54) is 31.2 Å². The Kier molecular flexibility index (Phi) is 7.84. The SMILES string of the molecule is CC(=O)/C(=C\c1cccc([N+](=O)[O-])c1)C(=O)NC(COC(C)(C)C)C(C)C. The van der Waals surface area contributed by atoms with E-state index < -0.39 is 16.6 Å². The molecule has 1 aromatic rings. The largest absolute Gasteiger partial charge is 0.374 e. The molecule has 1 unspecified atom stereocenters. The predicted octanol–water partition coefficient (Wildman–Crippen LogP) is 3.52. The number of amides is 1. The Morgan fingerprint density at radius 3 is 2.41 bits per heavy atom. The highest BCUT2D eigenvalue weighted by Crippen LogP contribution is 2.17. The van der Waals surface area contributed by atoms with Crippen LogP contribution in [0.25, 0.3) is 6.08 Å². The molecule has 7 nitrogen and oxygen atoms in total. The van der Waals surface area contributed by atoms with Gasteiger partial charge >= 0.3 is 0 Å². The van der Waals surface area contributed by atoms with E-state index in [1.54, 1.807) is 6.07 Å². The Bertz CT molecular complexity index is 732. The van der Waals surface area contributed by atoms with Crippen molar-refractivity contribution in [3.63, 3.8) is 0 Å². The van der Waals surface area contributed by atoms with Crippen LogP contribution in [0, 0.1) is 16.0 Å². The topological polar surface area (TPSA) is 98.5 Å². The smallest absolute Gasteiger partial charge is 0.270 e. The number of hydrogen-bond acceptors (Lipinski definition) is 5. The first kappa shape index (κ1) is 22.5. The molecule has 0 saturated heterocycles. The number of hydrogen-bond donors (Lipinski definition) is 1. The summed E-state index contributed by atoms with van der Waals surface area (Å²) in [5, 5.41) is 13.7. The number of carbonyl (C=O) groups excluding carboxylic acids is 2. The van der Waals surface area contributed by atoms with Crippen molar-refractivity contribution < 1.29 is 19.2 Å². The second-order valence-electron chi connectivity index (χ2n) is 7.71. The predicted molar refractivity (Wildman–Crippen MR) is 104 cm³/mol. The van der Waals surface area contributed by atoms with Gasteiger partial charge in [-0.25, -0.2) is 0 Å². The molecule has 1 amide bonds. The molecule has 0 aromatic heterocycles. The van der Waals surface area contributed by atoms with Crippen molar-refractivity contribution in [2.45, 2.75) is 53.2 Å². The number of nitro groups is 1. The maximum atomic E-state index is 12.7. The van der Waals surface area contributed by atoms with Gasteiger partial charge in [-0.2, -0.15) is 0 Å². The minimum Gasteiger partial charge on any atom is -0.374 e. The van der Waals surface area contributed by atoms with E-state index in [0.717, 1.165) is 0 Å². The van der Waals surface area contributed by atoms with E-state index in [9.17, 15) is 19.7 Å². The van der Waals surface area contributed by atoms with Gasteiger partial charge in [-0.05, 0) is 45.3 Å². The van der Waals surface area contributed by atoms with Crippen molar-refractivity contribution in [3.8, 4) is 0 Å². The molecular formula is C20H28N2O5. The summed E-state index contributed by atoms with van der Waals surface area (Å²) in [4.78, 5) is 35.0. The summed E-state index contributed by atoms with van der Waals surface area (Å²) in [5.41, 5.74) is -0.0979. The zero-order valence-corrected chi connectivity index (χ0v) is 16.7. The number of Topliss-reactive ketones (excluding diaryl/α,β-unsaturated/α-hetero) is 1. The van der Waals surface area contributed by atoms with Crippen LogP contribution in [0.2, 0.25) is 0 Å². The van der Waals surface area contributed by atoms with Crippen molar-refractivity contribution in [3.05, 3.63) is 45.5 Å². The molecule has 0 spiro atoms. The fraction of sp³-hybridized carbons (Fsp3) is 0.500. The minimum absolute atomic E-state index is 0.0584. The van der Waals surface area contributed by atoms with Crippen molar-refractivity contribution >= 4 is 23.5 Å². The normalized spacial score (nSPS) is 13.4. The quantitative estimate of drug-likeness (QED) is 0.246. The van der Waals surface area contributed by atoms with E-state index in [1.807, 2.05) is 34.6 Å². The van der Waals surface area contributed by atoms with E-state index in [4.69, 9.17) is 4.74 Å². The van der Waals surface area contributed by atoms with Gasteiger partial charge in [-0.15, -0.1) is 0 Å². The Labute approximate surface area is 159 Å². The molecule has 1 rings (SSSR count). The second-order valence-corrected chi connectivity index (χ2v) is 7.71.